The van der Waals surface area contributed by atoms with Crippen molar-refractivity contribution in [1.82, 2.24) is 0 Å². The van der Waals surface area contributed by atoms with Gasteiger partial charge in [0.2, 0.25) is 0 Å². The van der Waals surface area contributed by atoms with E-state index in [1.807, 2.05) is 0 Å². The lowest BCUT2D eigenvalue weighted by Crippen LogP contribution is -2.22. The van der Waals surface area contributed by atoms with E-state index in [4.69, 9.17) is 16.0 Å². The SMILES string of the molecule is CCO[P+](=O)OC(N)CCCN. The lowest BCUT2D eigenvalue weighted by molar-refractivity contribution is 0.163. The van der Waals surface area contributed by atoms with Crippen LogP contribution in [0.15, 0.2) is 0 Å². The van der Waals surface area contributed by atoms with Crippen molar-refractivity contribution in [3.8, 4) is 0 Å². The summed E-state index contributed by atoms with van der Waals surface area (Å²) in [5, 5.41) is 0. The Morgan fingerprint density at radius 2 is 2.25 bits per heavy atom. The minimum absolute atomic E-state index is 0.360. The predicted octanol–water partition coefficient (Wildman–Crippen LogP) is 0.721. The smallest absolute Gasteiger partial charge is 0.330 e. The third-order valence-electron chi connectivity index (χ3n) is 1.15. The van der Waals surface area contributed by atoms with Gasteiger partial charge >= 0.3 is 8.25 Å². The van der Waals surface area contributed by atoms with E-state index >= 15 is 0 Å². The van der Waals surface area contributed by atoms with Crippen LogP contribution in [0.5, 0.6) is 0 Å². The first-order valence-corrected chi connectivity index (χ1v) is 5.02. The standard InChI is InChI=1S/C6H16N2O3P/c1-2-10-12(9)11-6(8)4-3-5-7/h6H,2-5,7-8H2,1H3/q+1. The third-order valence-corrected chi connectivity index (χ3v) is 2.06. The quantitative estimate of drug-likeness (QED) is 0.461. The van der Waals surface area contributed by atoms with Crippen molar-refractivity contribution < 1.29 is 13.6 Å². The van der Waals surface area contributed by atoms with Crippen LogP contribution in [0.4, 0.5) is 0 Å². The molecule has 0 saturated heterocycles. The monoisotopic (exact) mass is 195 g/mol. The molecule has 0 aliphatic rings. The molecule has 0 heterocycles. The van der Waals surface area contributed by atoms with Crippen LogP contribution in [0.25, 0.3) is 0 Å². The van der Waals surface area contributed by atoms with Crippen LogP contribution in [-0.4, -0.2) is 19.4 Å². The molecule has 0 aromatic rings. The second-order valence-electron chi connectivity index (χ2n) is 2.22. The lowest BCUT2D eigenvalue weighted by Gasteiger charge is -2.01. The average molecular weight is 195 g/mol. The number of rotatable bonds is 7. The summed E-state index contributed by atoms with van der Waals surface area (Å²) in [6.07, 6.45) is 0.824. The maximum absolute atomic E-state index is 10.8. The van der Waals surface area contributed by atoms with Gasteiger partial charge in [-0.2, -0.15) is 0 Å². The highest BCUT2D eigenvalue weighted by Gasteiger charge is 2.23. The van der Waals surface area contributed by atoms with Crippen molar-refractivity contribution >= 4 is 8.25 Å². The molecule has 0 aliphatic heterocycles. The van der Waals surface area contributed by atoms with E-state index in [1.54, 1.807) is 6.92 Å². The summed E-state index contributed by atoms with van der Waals surface area (Å²) in [7, 11) is -2.05. The Kier molecular flexibility index (Phi) is 7.54. The molecule has 0 fully saturated rings. The molecule has 72 valence electrons. The molecule has 0 saturated carbocycles. The minimum Gasteiger partial charge on any atom is -0.330 e. The van der Waals surface area contributed by atoms with Gasteiger partial charge < -0.3 is 11.5 Å². The first-order valence-electron chi connectivity index (χ1n) is 3.93. The Balaban J connectivity index is 3.40. The molecule has 0 amide bonds. The van der Waals surface area contributed by atoms with Crippen molar-refractivity contribution in [2.45, 2.75) is 26.0 Å². The van der Waals surface area contributed by atoms with Gasteiger partial charge in [0.25, 0.3) is 0 Å². The molecule has 0 rings (SSSR count). The van der Waals surface area contributed by atoms with Crippen molar-refractivity contribution in [1.29, 1.82) is 0 Å². The van der Waals surface area contributed by atoms with Gasteiger partial charge in [0, 0.05) is 4.57 Å². The maximum Gasteiger partial charge on any atom is 0.699 e. The van der Waals surface area contributed by atoms with Gasteiger partial charge in [-0.15, -0.1) is 9.05 Å². The van der Waals surface area contributed by atoms with Gasteiger partial charge in [-0.25, -0.2) is 0 Å². The molecule has 0 aliphatic carbocycles. The summed E-state index contributed by atoms with van der Waals surface area (Å²) in [6.45, 7) is 2.66. The van der Waals surface area contributed by atoms with Crippen molar-refractivity contribution in [3.05, 3.63) is 0 Å². The molecule has 6 heteroatoms. The summed E-state index contributed by atoms with van der Waals surface area (Å²) >= 11 is 0. The van der Waals surface area contributed by atoms with Gasteiger partial charge in [0.1, 0.15) is 6.61 Å². The first kappa shape index (κ1) is 11.9. The zero-order valence-electron chi connectivity index (χ0n) is 7.23. The van der Waals surface area contributed by atoms with Crippen molar-refractivity contribution in [2.24, 2.45) is 11.5 Å². The Morgan fingerprint density at radius 1 is 1.58 bits per heavy atom. The van der Waals surface area contributed by atoms with E-state index in [9.17, 15) is 4.57 Å². The van der Waals surface area contributed by atoms with Crippen LogP contribution in [0, 0.1) is 0 Å². The van der Waals surface area contributed by atoms with Gasteiger partial charge in [-0.05, 0) is 26.3 Å². The number of nitrogens with two attached hydrogens (primary N) is 2. The molecule has 0 radical (unpaired) electrons. The summed E-state index contributed by atoms with van der Waals surface area (Å²) < 4.78 is 20.3. The fraction of sp³-hybridized carbons (Fsp3) is 1.00. The highest BCUT2D eigenvalue weighted by atomic mass is 31.1. The summed E-state index contributed by atoms with van der Waals surface area (Å²) in [5.41, 5.74) is 10.7. The van der Waals surface area contributed by atoms with E-state index in [0.29, 0.717) is 19.6 Å². The second-order valence-corrected chi connectivity index (χ2v) is 3.13. The summed E-state index contributed by atoms with van der Waals surface area (Å²) in [4.78, 5) is 0. The molecule has 4 N–H and O–H groups in total. The normalized spacial score (nSPS) is 14.4. The predicted molar refractivity (Wildman–Crippen MR) is 46.6 cm³/mol. The maximum atomic E-state index is 10.8. The molecular formula is C6H16N2O3P+. The highest BCUT2D eigenvalue weighted by Crippen LogP contribution is 2.25. The highest BCUT2D eigenvalue weighted by molar-refractivity contribution is 7.33. The molecule has 0 aromatic carbocycles. The van der Waals surface area contributed by atoms with Crippen LogP contribution < -0.4 is 11.5 Å². The molecule has 12 heavy (non-hydrogen) atoms. The Morgan fingerprint density at radius 3 is 2.75 bits per heavy atom. The average Bonchev–Trinajstić information content (AvgIpc) is 2.01. The number of hydrogen-bond acceptors (Lipinski definition) is 5. The Hall–Kier alpha value is -0.0600. The Bertz CT molecular complexity index is 134. The molecular weight excluding hydrogens is 179 g/mol. The van der Waals surface area contributed by atoms with Gasteiger partial charge in [-0.3, -0.25) is 0 Å². The number of hydrogen-bond donors (Lipinski definition) is 2. The minimum atomic E-state index is -2.05. The zero-order chi connectivity index (χ0) is 9.40. The van der Waals surface area contributed by atoms with E-state index in [0.717, 1.165) is 6.42 Å². The molecule has 0 bridgehead atoms. The van der Waals surface area contributed by atoms with Gasteiger partial charge in [0.15, 0.2) is 6.23 Å². The van der Waals surface area contributed by atoms with Crippen LogP contribution in [0.2, 0.25) is 0 Å². The van der Waals surface area contributed by atoms with Crippen LogP contribution in [0.1, 0.15) is 19.8 Å². The third kappa shape index (κ3) is 6.64. The van der Waals surface area contributed by atoms with Crippen LogP contribution in [0.3, 0.4) is 0 Å². The topological polar surface area (TPSA) is 87.6 Å². The molecule has 2 unspecified atom stereocenters. The van der Waals surface area contributed by atoms with Crippen LogP contribution >= 0.6 is 8.25 Å². The van der Waals surface area contributed by atoms with E-state index in [1.165, 1.54) is 0 Å². The van der Waals surface area contributed by atoms with Crippen LogP contribution in [-0.2, 0) is 13.6 Å². The fourth-order valence-electron chi connectivity index (χ4n) is 0.618. The first-order chi connectivity index (χ1) is 5.70. The molecule has 0 spiro atoms. The molecule has 0 aromatic heterocycles. The molecule has 2 atom stereocenters. The second kappa shape index (κ2) is 7.58. The zero-order valence-corrected chi connectivity index (χ0v) is 8.13. The Labute approximate surface area is 73.3 Å². The van der Waals surface area contributed by atoms with E-state index in [-0.39, 0.29) is 0 Å². The van der Waals surface area contributed by atoms with E-state index < -0.39 is 14.5 Å². The van der Waals surface area contributed by atoms with Crippen molar-refractivity contribution in [3.63, 3.8) is 0 Å². The lowest BCUT2D eigenvalue weighted by atomic mass is 10.3. The fourth-order valence-corrected chi connectivity index (χ4v) is 1.22. The summed E-state index contributed by atoms with van der Waals surface area (Å²) in [6, 6.07) is 0. The van der Waals surface area contributed by atoms with Gasteiger partial charge in [0.05, 0.1) is 0 Å². The summed E-state index contributed by atoms with van der Waals surface area (Å²) in [5.74, 6) is 0. The molecule has 5 nitrogen and oxygen atoms in total. The van der Waals surface area contributed by atoms with Gasteiger partial charge in [-0.1, -0.05) is 0 Å². The van der Waals surface area contributed by atoms with E-state index in [2.05, 4.69) is 4.52 Å². The largest absolute Gasteiger partial charge is 0.699 e. The van der Waals surface area contributed by atoms with Crippen molar-refractivity contribution in [2.75, 3.05) is 13.2 Å².